The second-order valence-electron chi connectivity index (χ2n) is 9.97. The molecule has 2 N–H and O–H groups in total. The van der Waals surface area contributed by atoms with Gasteiger partial charge in [-0.3, -0.25) is 0 Å². The number of methoxy groups -OCH3 is 1. The highest BCUT2D eigenvalue weighted by Crippen LogP contribution is 2.43. The molecule has 0 amide bonds. The van der Waals surface area contributed by atoms with Crippen LogP contribution in [0.4, 0.5) is 0 Å². The van der Waals surface area contributed by atoms with Crippen LogP contribution < -0.4 is 10.6 Å². The van der Waals surface area contributed by atoms with Crippen LogP contribution in [0, 0.1) is 0 Å². The van der Waals surface area contributed by atoms with Gasteiger partial charge < -0.3 is 34.1 Å². The summed E-state index contributed by atoms with van der Waals surface area (Å²) >= 11 is 12.9. The summed E-state index contributed by atoms with van der Waals surface area (Å²) in [5.41, 5.74) is 4.33. The number of hydrogen-bond donors (Lipinski definition) is 2. The first-order chi connectivity index (χ1) is 20.8. The largest absolute Gasteiger partial charge is 0.466 e. The molecule has 43 heavy (non-hydrogen) atoms. The Morgan fingerprint density at radius 1 is 1.00 bits per heavy atom. The molecule has 3 aromatic rings. The third kappa shape index (κ3) is 7.60. The fraction of sp³-hybridized carbons (Fsp3) is 0.375. The number of nitrogens with one attached hydrogen (secondary N) is 2. The Morgan fingerprint density at radius 3 is 2.53 bits per heavy atom. The van der Waals surface area contributed by atoms with E-state index in [9.17, 15) is 9.59 Å². The van der Waals surface area contributed by atoms with Gasteiger partial charge in [-0.1, -0.05) is 53.5 Å². The second-order valence-corrected chi connectivity index (χ2v) is 10.8. The molecular formula is C32H37Cl2N3O6. The van der Waals surface area contributed by atoms with E-state index in [0.717, 1.165) is 6.54 Å². The standard InChI is InChI=1S/C32H37Cl2N3O6/c1-5-43-32(39)29-25(36-20(2)27(31(38)40-4)28(29)23-10-8-11-24(33)30(23)34)19-42-16-15-41-14-13-35-17-21-18-37(3)26-12-7-6-9-22(21)26/h6-12,18,28,35-36H,5,13-17,19H2,1-4H3. The molecule has 0 bridgehead atoms. The molecule has 1 aromatic heterocycles. The molecule has 1 aliphatic rings. The van der Waals surface area contributed by atoms with Crippen molar-refractivity contribution in [2.75, 3.05) is 46.7 Å². The number of allylic oxidation sites excluding steroid dienone is 1. The Kier molecular flexibility index (Phi) is 11.7. The summed E-state index contributed by atoms with van der Waals surface area (Å²) in [4.78, 5) is 26.2. The smallest absolute Gasteiger partial charge is 0.336 e. The molecule has 1 aliphatic heterocycles. The molecule has 11 heteroatoms. The maximum Gasteiger partial charge on any atom is 0.336 e. The van der Waals surface area contributed by atoms with Crippen molar-refractivity contribution in [1.29, 1.82) is 0 Å². The molecule has 2 aromatic carbocycles. The number of nitrogens with zero attached hydrogens (tertiary/aromatic N) is 1. The van der Waals surface area contributed by atoms with E-state index in [1.165, 1.54) is 23.6 Å². The Bertz CT molecular complexity index is 1530. The third-order valence-corrected chi connectivity index (χ3v) is 8.01. The van der Waals surface area contributed by atoms with E-state index < -0.39 is 17.9 Å². The molecule has 0 saturated carbocycles. The van der Waals surface area contributed by atoms with Crippen molar-refractivity contribution in [3.63, 3.8) is 0 Å². The van der Waals surface area contributed by atoms with Gasteiger partial charge in [0.05, 0.1) is 73.0 Å². The maximum atomic E-state index is 13.3. The van der Waals surface area contributed by atoms with Crippen molar-refractivity contribution in [1.82, 2.24) is 15.2 Å². The van der Waals surface area contributed by atoms with Crippen molar-refractivity contribution in [3.8, 4) is 0 Å². The molecule has 2 heterocycles. The molecule has 1 atom stereocenters. The monoisotopic (exact) mass is 629 g/mol. The molecule has 1 unspecified atom stereocenters. The van der Waals surface area contributed by atoms with E-state index >= 15 is 0 Å². The number of dihydropyridines is 1. The maximum absolute atomic E-state index is 13.3. The van der Waals surface area contributed by atoms with Crippen LogP contribution in [0.5, 0.6) is 0 Å². The Balaban J connectivity index is 1.37. The average molecular weight is 631 g/mol. The van der Waals surface area contributed by atoms with Gasteiger partial charge in [0.1, 0.15) is 0 Å². The summed E-state index contributed by atoms with van der Waals surface area (Å²) in [6.45, 7) is 6.24. The highest BCUT2D eigenvalue weighted by molar-refractivity contribution is 6.42. The fourth-order valence-corrected chi connectivity index (χ4v) is 5.64. The van der Waals surface area contributed by atoms with Gasteiger partial charge >= 0.3 is 11.9 Å². The lowest BCUT2D eigenvalue weighted by Crippen LogP contribution is -2.35. The summed E-state index contributed by atoms with van der Waals surface area (Å²) in [5, 5.41) is 8.34. The van der Waals surface area contributed by atoms with Crippen molar-refractivity contribution >= 4 is 46.0 Å². The van der Waals surface area contributed by atoms with Gasteiger partial charge in [-0.2, -0.15) is 0 Å². The van der Waals surface area contributed by atoms with Gasteiger partial charge in [0.25, 0.3) is 0 Å². The lowest BCUT2D eigenvalue weighted by Gasteiger charge is -2.31. The number of rotatable bonds is 14. The average Bonchev–Trinajstić information content (AvgIpc) is 3.32. The first-order valence-corrected chi connectivity index (χ1v) is 14.8. The molecule has 0 aliphatic carbocycles. The lowest BCUT2D eigenvalue weighted by molar-refractivity contribution is -0.139. The van der Waals surface area contributed by atoms with E-state index in [1.807, 2.05) is 19.2 Å². The van der Waals surface area contributed by atoms with Crippen LogP contribution in [0.2, 0.25) is 10.0 Å². The van der Waals surface area contributed by atoms with Crippen molar-refractivity contribution in [3.05, 3.63) is 92.4 Å². The number of esters is 2. The minimum Gasteiger partial charge on any atom is -0.466 e. The summed E-state index contributed by atoms with van der Waals surface area (Å²) in [5.74, 6) is -2.08. The van der Waals surface area contributed by atoms with Gasteiger partial charge in [0.15, 0.2) is 0 Å². The van der Waals surface area contributed by atoms with E-state index in [1.54, 1.807) is 32.0 Å². The van der Waals surface area contributed by atoms with Crippen LogP contribution in [0.3, 0.4) is 0 Å². The third-order valence-electron chi connectivity index (χ3n) is 7.17. The zero-order valence-corrected chi connectivity index (χ0v) is 26.3. The Hall–Kier alpha value is -3.34. The number of aryl methyl sites for hydroxylation is 1. The quantitative estimate of drug-likeness (QED) is 0.184. The lowest BCUT2D eigenvalue weighted by atomic mass is 9.80. The number of halogens is 2. The summed E-state index contributed by atoms with van der Waals surface area (Å²) in [7, 11) is 3.33. The van der Waals surface area contributed by atoms with Crippen LogP contribution in [0.15, 0.2) is 71.2 Å². The molecular weight excluding hydrogens is 593 g/mol. The normalized spacial score (nSPS) is 15.2. The van der Waals surface area contributed by atoms with E-state index in [0.29, 0.717) is 48.3 Å². The molecule has 9 nitrogen and oxygen atoms in total. The summed E-state index contributed by atoms with van der Waals surface area (Å²) in [6.07, 6.45) is 2.14. The van der Waals surface area contributed by atoms with Gasteiger partial charge in [0.2, 0.25) is 0 Å². The van der Waals surface area contributed by atoms with E-state index in [4.69, 9.17) is 42.1 Å². The van der Waals surface area contributed by atoms with Crippen molar-refractivity contribution < 1.29 is 28.5 Å². The number of fused-ring (bicyclic) bond motifs is 1. The van der Waals surface area contributed by atoms with Gasteiger partial charge in [-0.15, -0.1) is 0 Å². The molecule has 0 fully saturated rings. The van der Waals surface area contributed by atoms with Crippen LogP contribution in [-0.2, 0) is 42.1 Å². The predicted octanol–water partition coefficient (Wildman–Crippen LogP) is 5.26. The Morgan fingerprint density at radius 2 is 1.77 bits per heavy atom. The fourth-order valence-electron chi connectivity index (χ4n) is 5.22. The first kappa shape index (κ1) is 32.6. The zero-order chi connectivity index (χ0) is 30.9. The summed E-state index contributed by atoms with van der Waals surface area (Å²) in [6, 6.07) is 13.4. The minimum absolute atomic E-state index is 0.0529. The number of ether oxygens (including phenoxy) is 4. The molecule has 0 radical (unpaired) electrons. The zero-order valence-electron chi connectivity index (χ0n) is 24.8. The predicted molar refractivity (Wildman–Crippen MR) is 167 cm³/mol. The Labute approximate surface area is 261 Å². The highest BCUT2D eigenvalue weighted by atomic mass is 35.5. The second kappa shape index (κ2) is 15.4. The number of carbonyl (C=O) groups is 2. The molecule has 0 saturated heterocycles. The molecule has 230 valence electrons. The van der Waals surface area contributed by atoms with Gasteiger partial charge in [-0.25, -0.2) is 9.59 Å². The summed E-state index contributed by atoms with van der Waals surface area (Å²) < 4.78 is 24.2. The first-order valence-electron chi connectivity index (χ1n) is 14.1. The SMILES string of the molecule is CCOC(=O)C1=C(COCCOCCNCc2cn(C)c3ccccc23)NC(C)=C(C(=O)OC)C1c1cccc(Cl)c1Cl. The number of benzene rings is 2. The number of hydrogen-bond acceptors (Lipinski definition) is 8. The van der Waals surface area contributed by atoms with Gasteiger partial charge in [0, 0.05) is 42.9 Å². The van der Waals surface area contributed by atoms with Crippen LogP contribution in [0.1, 0.15) is 30.9 Å². The van der Waals surface area contributed by atoms with E-state index in [-0.39, 0.29) is 29.4 Å². The van der Waals surface area contributed by atoms with Crippen LogP contribution >= 0.6 is 23.2 Å². The number of carbonyl (C=O) groups excluding carboxylic acids is 2. The van der Waals surface area contributed by atoms with Gasteiger partial charge in [-0.05, 0) is 37.1 Å². The van der Waals surface area contributed by atoms with Crippen molar-refractivity contribution in [2.45, 2.75) is 26.3 Å². The van der Waals surface area contributed by atoms with Crippen molar-refractivity contribution in [2.24, 2.45) is 7.05 Å². The number of para-hydroxylation sites is 1. The van der Waals surface area contributed by atoms with Crippen LogP contribution in [0.25, 0.3) is 10.9 Å². The number of aromatic nitrogens is 1. The molecule has 4 rings (SSSR count). The van der Waals surface area contributed by atoms with Crippen LogP contribution in [-0.4, -0.2) is 63.2 Å². The topological polar surface area (TPSA) is 100 Å². The molecule has 0 spiro atoms. The van der Waals surface area contributed by atoms with E-state index in [2.05, 4.69) is 33.5 Å². The highest BCUT2D eigenvalue weighted by Gasteiger charge is 2.40. The minimum atomic E-state index is -0.874.